The van der Waals surface area contributed by atoms with E-state index in [1.807, 2.05) is 0 Å². The fourth-order valence-electron chi connectivity index (χ4n) is 11.0. The van der Waals surface area contributed by atoms with Gasteiger partial charge in [-0.05, 0) is 149 Å². The molecule has 2 aromatic heterocycles. The molecule has 0 fully saturated rings. The Kier molecular flexibility index (Phi) is 7.43. The van der Waals surface area contributed by atoms with Gasteiger partial charge in [-0.2, -0.15) is 0 Å². The number of hydrogen-bond acceptors (Lipinski definition) is 0. The third-order valence-corrected chi connectivity index (χ3v) is 13.8. The summed E-state index contributed by atoms with van der Waals surface area (Å²) < 4.78 is 4.87. The largest absolute Gasteiger partial charge is 0.309 e. The van der Waals surface area contributed by atoms with Crippen LogP contribution in [0, 0.1) is 0 Å². The van der Waals surface area contributed by atoms with E-state index in [-0.39, 0.29) is 0 Å². The second-order valence-corrected chi connectivity index (χ2v) is 17.2. The Hall–Kier alpha value is -8.46. The summed E-state index contributed by atoms with van der Waals surface area (Å²) in [7, 11) is 0. The van der Waals surface area contributed by atoms with Gasteiger partial charge in [-0.25, -0.2) is 0 Å². The maximum atomic E-state index is 2.50. The average Bonchev–Trinajstić information content (AvgIpc) is 3.87. The van der Waals surface area contributed by atoms with Crippen molar-refractivity contribution in [1.82, 2.24) is 9.13 Å². The third-order valence-electron chi connectivity index (χ3n) is 13.8. The van der Waals surface area contributed by atoms with Gasteiger partial charge in [0.05, 0.1) is 22.1 Å². The maximum absolute atomic E-state index is 2.50. The molecule has 0 N–H and O–H groups in total. The number of para-hydroxylation sites is 4. The smallest absolute Gasteiger partial charge is 0.0547 e. The molecule has 0 saturated carbocycles. The zero-order valence-electron chi connectivity index (χ0n) is 34.8. The van der Waals surface area contributed by atoms with Gasteiger partial charge in [0, 0.05) is 32.9 Å². The van der Waals surface area contributed by atoms with Crippen LogP contribution in [0.15, 0.2) is 231 Å². The molecule has 64 heavy (non-hydrogen) atoms. The lowest BCUT2D eigenvalue weighted by molar-refractivity contribution is 1.18. The highest BCUT2D eigenvalue weighted by Gasteiger charge is 2.22. The van der Waals surface area contributed by atoms with Crippen LogP contribution in [0.3, 0.4) is 0 Å². The fourth-order valence-corrected chi connectivity index (χ4v) is 11.0. The van der Waals surface area contributed by atoms with E-state index in [2.05, 4.69) is 240 Å². The third kappa shape index (κ3) is 5.08. The normalized spacial score (nSPS) is 12.1. The Bertz CT molecular complexity index is 4230. The van der Waals surface area contributed by atoms with Crippen molar-refractivity contribution in [3.05, 3.63) is 231 Å². The Balaban J connectivity index is 1.16. The minimum absolute atomic E-state index is 1.16. The summed E-state index contributed by atoms with van der Waals surface area (Å²) in [5, 5.41) is 17.4. The first-order chi connectivity index (χ1) is 31.7. The van der Waals surface area contributed by atoms with Gasteiger partial charge in [-0.15, -0.1) is 0 Å². The standard InChI is InChI=1S/C62H38N2/c1-3-18-45(19-4-1)63-57-25-13-11-23-48(57)50-31-29-43(36-59(50)63)61-53-33-40-16-7-8-17-41(40)34-54(53)62(56-38-52-42(35-55(56)61)28-27-39-15-9-10-22-47(39)52)44-30-32-51-49-24-12-14-26-58(49)64(60(51)37-44)46-20-5-2-6-21-46/h1-38H. The van der Waals surface area contributed by atoms with Gasteiger partial charge < -0.3 is 9.13 Å². The second kappa shape index (κ2) is 13.5. The molecule has 0 unspecified atom stereocenters. The molecule has 296 valence electrons. The van der Waals surface area contributed by atoms with E-state index in [0.717, 1.165) is 11.4 Å². The Morgan fingerprint density at radius 3 is 1.12 bits per heavy atom. The van der Waals surface area contributed by atoms with Crippen molar-refractivity contribution < 1.29 is 0 Å². The summed E-state index contributed by atoms with van der Waals surface area (Å²) in [6.45, 7) is 0. The molecule has 0 atom stereocenters. The molecular formula is C62H38N2. The first-order valence-corrected chi connectivity index (χ1v) is 22.2. The van der Waals surface area contributed by atoms with Crippen LogP contribution in [0.25, 0.3) is 131 Å². The van der Waals surface area contributed by atoms with Crippen LogP contribution in [0.1, 0.15) is 0 Å². The van der Waals surface area contributed by atoms with E-state index in [4.69, 9.17) is 0 Å². The molecule has 0 aliphatic rings. The molecule has 0 aliphatic carbocycles. The highest BCUT2D eigenvalue weighted by atomic mass is 15.0. The molecular weight excluding hydrogens is 773 g/mol. The molecule has 2 heterocycles. The van der Waals surface area contributed by atoms with Crippen LogP contribution < -0.4 is 0 Å². The lowest BCUT2D eigenvalue weighted by Gasteiger charge is -2.20. The number of hydrogen-bond donors (Lipinski definition) is 0. The predicted molar refractivity (Wildman–Crippen MR) is 274 cm³/mol. The Labute approximate surface area is 369 Å². The fraction of sp³-hybridized carbons (Fsp3) is 0. The van der Waals surface area contributed by atoms with Crippen molar-refractivity contribution in [1.29, 1.82) is 0 Å². The van der Waals surface area contributed by atoms with E-state index in [1.165, 1.54) is 120 Å². The van der Waals surface area contributed by atoms with E-state index >= 15 is 0 Å². The minimum atomic E-state index is 1.16. The second-order valence-electron chi connectivity index (χ2n) is 17.2. The highest BCUT2D eigenvalue weighted by Crippen LogP contribution is 2.49. The molecule has 14 rings (SSSR count). The van der Waals surface area contributed by atoms with Crippen molar-refractivity contribution in [2.45, 2.75) is 0 Å². The number of nitrogens with zero attached hydrogens (tertiary/aromatic N) is 2. The predicted octanol–water partition coefficient (Wildman–Crippen LogP) is 17.0. The molecule has 14 aromatic rings. The molecule has 2 heteroatoms. The molecule has 0 aliphatic heterocycles. The average molecular weight is 811 g/mol. The van der Waals surface area contributed by atoms with Gasteiger partial charge in [0.15, 0.2) is 0 Å². The summed E-state index contributed by atoms with van der Waals surface area (Å²) in [6, 6.07) is 85.7. The number of aromatic nitrogens is 2. The molecule has 0 saturated heterocycles. The van der Waals surface area contributed by atoms with Crippen LogP contribution in [0.5, 0.6) is 0 Å². The molecule has 0 amide bonds. The van der Waals surface area contributed by atoms with E-state index in [1.54, 1.807) is 0 Å². The molecule has 0 spiro atoms. The lowest BCUT2D eigenvalue weighted by atomic mass is 9.83. The monoisotopic (exact) mass is 810 g/mol. The van der Waals surface area contributed by atoms with Crippen molar-refractivity contribution in [2.75, 3.05) is 0 Å². The summed E-state index contributed by atoms with van der Waals surface area (Å²) in [5.41, 5.74) is 12.0. The SMILES string of the molecule is c1ccc(-n2c3ccccc3c3ccc(-c4c5cc6ccccc6cc5c(-c5ccc6c7ccccc7n(-c7ccccc7)c6c5)c5cc6c(ccc7ccccc76)cc45)cc32)cc1. The minimum Gasteiger partial charge on any atom is -0.309 e. The zero-order chi connectivity index (χ0) is 41.9. The number of benzene rings is 12. The first kappa shape index (κ1) is 35.2. The van der Waals surface area contributed by atoms with E-state index in [9.17, 15) is 0 Å². The Morgan fingerprint density at radius 1 is 0.203 bits per heavy atom. The van der Waals surface area contributed by atoms with Crippen LogP contribution in [0.2, 0.25) is 0 Å². The first-order valence-electron chi connectivity index (χ1n) is 22.2. The van der Waals surface area contributed by atoms with Gasteiger partial charge in [0.2, 0.25) is 0 Å². The van der Waals surface area contributed by atoms with E-state index in [0.29, 0.717) is 0 Å². The molecule has 12 aromatic carbocycles. The number of rotatable bonds is 4. The van der Waals surface area contributed by atoms with Crippen LogP contribution >= 0.6 is 0 Å². The molecule has 0 bridgehead atoms. The molecule has 0 radical (unpaired) electrons. The summed E-state index contributed by atoms with van der Waals surface area (Å²) in [6.07, 6.45) is 0. The van der Waals surface area contributed by atoms with Crippen LogP contribution in [-0.2, 0) is 0 Å². The van der Waals surface area contributed by atoms with Crippen LogP contribution in [-0.4, -0.2) is 9.13 Å². The summed E-state index contributed by atoms with van der Waals surface area (Å²) in [5.74, 6) is 0. The lowest BCUT2D eigenvalue weighted by Crippen LogP contribution is -1.95. The molecule has 2 nitrogen and oxygen atoms in total. The maximum Gasteiger partial charge on any atom is 0.0547 e. The van der Waals surface area contributed by atoms with Gasteiger partial charge in [0.1, 0.15) is 0 Å². The topological polar surface area (TPSA) is 9.86 Å². The highest BCUT2D eigenvalue weighted by molar-refractivity contribution is 6.28. The number of fused-ring (bicyclic) bond motifs is 12. The van der Waals surface area contributed by atoms with Crippen molar-refractivity contribution >= 4 is 97.5 Å². The van der Waals surface area contributed by atoms with Crippen molar-refractivity contribution in [3.63, 3.8) is 0 Å². The summed E-state index contributed by atoms with van der Waals surface area (Å²) >= 11 is 0. The Morgan fingerprint density at radius 2 is 0.594 bits per heavy atom. The quantitative estimate of drug-likeness (QED) is 0.124. The van der Waals surface area contributed by atoms with Crippen molar-refractivity contribution in [3.8, 4) is 33.6 Å². The van der Waals surface area contributed by atoms with E-state index < -0.39 is 0 Å². The van der Waals surface area contributed by atoms with Crippen LogP contribution in [0.4, 0.5) is 0 Å². The van der Waals surface area contributed by atoms with Crippen molar-refractivity contribution in [2.24, 2.45) is 0 Å². The van der Waals surface area contributed by atoms with Gasteiger partial charge in [-0.1, -0.05) is 158 Å². The van der Waals surface area contributed by atoms with Gasteiger partial charge in [-0.3, -0.25) is 0 Å². The van der Waals surface area contributed by atoms with Gasteiger partial charge >= 0.3 is 0 Å². The van der Waals surface area contributed by atoms with Gasteiger partial charge in [0.25, 0.3) is 0 Å². The summed E-state index contributed by atoms with van der Waals surface area (Å²) in [4.78, 5) is 0. The zero-order valence-corrected chi connectivity index (χ0v) is 34.8.